The Bertz CT molecular complexity index is 4370. The lowest BCUT2D eigenvalue weighted by Crippen LogP contribution is -2.43. The lowest BCUT2D eigenvalue weighted by molar-refractivity contribution is 0.338. The summed E-state index contributed by atoms with van der Waals surface area (Å²) in [5.74, 6) is 18.8. The average Bonchev–Trinajstić information content (AvgIpc) is 0.735. The van der Waals surface area contributed by atoms with E-state index >= 15 is 0 Å². The molecule has 2 aliphatic rings. The maximum absolute atomic E-state index is 6.86. The number of fused-ring (bicyclic) bond motifs is 10. The van der Waals surface area contributed by atoms with Crippen LogP contribution in [-0.2, 0) is 0 Å². The number of benzene rings is 8. The van der Waals surface area contributed by atoms with Gasteiger partial charge in [-0.2, -0.15) is 0 Å². The minimum atomic E-state index is -2.08. The van der Waals surface area contributed by atoms with Crippen molar-refractivity contribution in [3.63, 3.8) is 0 Å². The second-order valence-electron chi connectivity index (χ2n) is 31.9. The van der Waals surface area contributed by atoms with E-state index in [0.717, 1.165) is 87.4 Å². The molecule has 2 aliphatic heterocycles. The fourth-order valence-corrected chi connectivity index (χ4v) is 39.0. The fraction of sp³-hybridized carbons (Fsp3) is 0.409. The van der Waals surface area contributed by atoms with Gasteiger partial charge in [0.05, 0.1) is 44.3 Å². The van der Waals surface area contributed by atoms with Gasteiger partial charge in [-0.25, -0.2) is 19.9 Å². The Morgan fingerprint density at radius 3 is 0.560 bits per heavy atom. The lowest BCUT2D eigenvalue weighted by Gasteiger charge is -2.38. The second-order valence-corrected chi connectivity index (χ2v) is 54.3. The molecule has 0 amide bonds. The van der Waals surface area contributed by atoms with Crippen molar-refractivity contribution in [3.8, 4) is 92.4 Å². The quantitative estimate of drug-likeness (QED) is 0.0679. The molecule has 0 N–H and O–H groups in total. The van der Waals surface area contributed by atoms with E-state index in [-0.39, 0.29) is 0 Å². The van der Waals surface area contributed by atoms with Crippen LogP contribution in [0, 0.1) is 45.9 Å². The van der Waals surface area contributed by atoms with Crippen molar-refractivity contribution < 1.29 is 18.9 Å². The highest BCUT2D eigenvalue weighted by Crippen LogP contribution is 2.54. The monoisotopic (exact) mass is 1390 g/mol. The molecule has 0 saturated carbocycles. The predicted octanol–water partition coefficient (Wildman–Crippen LogP) is 25.9. The van der Waals surface area contributed by atoms with E-state index in [1.54, 1.807) is 0 Å². The molecule has 0 bridgehead atoms. The topological polar surface area (TPSA) is 88.5 Å². The van der Waals surface area contributed by atoms with E-state index in [1.165, 1.54) is 0 Å². The average molecular weight is 1390 g/mol. The van der Waals surface area contributed by atoms with Crippen LogP contribution in [0.5, 0.6) is 46.5 Å². The summed E-state index contributed by atoms with van der Waals surface area (Å²) < 4.78 is 27.4. The van der Waals surface area contributed by atoms with E-state index < -0.39 is 32.3 Å². The van der Waals surface area contributed by atoms with Crippen molar-refractivity contribution in [2.24, 2.45) is 0 Å². The standard InChI is InChI=1S/2C44H52N2O2Si2/c2*1-27(2)49(28(3)4,29(5)6)23-21-37-35-19-15-16-20-36(35)38(22-24-50(30(7)8,31(9)10)32(11)12)42-41(37)47-43-44(48-42)46-40-26-34-18-14-13-17-33(34)25-39(40)45-43/h2*13-20,25-32H,1-12H3. The molecule has 0 spiro atoms. The first-order valence-corrected chi connectivity index (χ1v) is 45.8. The van der Waals surface area contributed by atoms with Gasteiger partial charge in [0, 0.05) is 21.5 Å². The van der Waals surface area contributed by atoms with E-state index in [0.29, 0.717) is 113 Å². The SMILES string of the molecule is CC(C)[Si](C#Cc1c2c(c(C#C[Si](C(C)C)(C(C)C)C(C)C)c3ccccc13)Oc1nc3cc4ccccc4cc3nc1O2)(C(C)C)C(C)C.CC(C)[Si](C#Cc1c2c(c(C#C[Si](C(C)C)(C(C)C)C(C)C)c3ccccc13)Oc1nc3cc4ccccc4cc3nc1O2)(C(C)C)C(C)C. The molecule has 12 rings (SSSR count). The largest absolute Gasteiger partial charge is 0.429 e. The zero-order valence-corrected chi connectivity index (χ0v) is 67.9. The Morgan fingerprint density at radius 1 is 0.240 bits per heavy atom. The molecular formula is C88H104N4O4Si4. The molecule has 0 unspecified atom stereocenters. The van der Waals surface area contributed by atoms with Crippen LogP contribution in [0.15, 0.2) is 121 Å². The third kappa shape index (κ3) is 12.7. The van der Waals surface area contributed by atoms with Crippen LogP contribution >= 0.6 is 0 Å². The molecule has 8 aromatic carbocycles. The van der Waals surface area contributed by atoms with Gasteiger partial charge in [0.2, 0.25) is 0 Å². The van der Waals surface area contributed by atoms with Gasteiger partial charge in [0.15, 0.2) is 23.0 Å². The Balaban J connectivity index is 0.000000202. The van der Waals surface area contributed by atoms with E-state index in [4.69, 9.17) is 38.9 Å². The number of ether oxygens (including phenoxy) is 4. The summed E-state index contributed by atoms with van der Waals surface area (Å²) in [7, 11) is -8.31. The molecule has 12 heteroatoms. The fourth-order valence-electron chi connectivity index (χ4n) is 18.2. The summed E-state index contributed by atoms with van der Waals surface area (Å²) in [6, 6.07) is 41.8. The number of aromatic nitrogens is 4. The normalized spacial score (nSPS) is 13.1. The van der Waals surface area contributed by atoms with E-state index in [2.05, 4.69) is 309 Å². The smallest absolute Gasteiger partial charge is 0.284 e. The molecule has 0 atom stereocenters. The molecule has 516 valence electrons. The van der Waals surface area contributed by atoms with Crippen molar-refractivity contribution in [3.05, 3.63) is 144 Å². The molecule has 0 fully saturated rings. The number of hydrogen-bond donors (Lipinski definition) is 0. The maximum atomic E-state index is 6.86. The minimum absolute atomic E-state index is 0.355. The number of rotatable bonds is 12. The Hall–Kier alpha value is -8.21. The molecule has 4 heterocycles. The van der Waals surface area contributed by atoms with Crippen molar-refractivity contribution in [2.75, 3.05) is 0 Å². The summed E-state index contributed by atoms with van der Waals surface area (Å²) in [4.78, 5) is 19.9. The molecule has 0 aliphatic carbocycles. The van der Waals surface area contributed by atoms with Crippen molar-refractivity contribution >= 4 is 97.5 Å². The third-order valence-corrected chi connectivity index (χ3v) is 48.2. The van der Waals surface area contributed by atoms with Gasteiger partial charge in [-0.15, -0.1) is 22.2 Å². The highest BCUT2D eigenvalue weighted by atomic mass is 28.3. The molecule has 100 heavy (non-hydrogen) atoms. The van der Waals surface area contributed by atoms with Gasteiger partial charge in [-0.3, -0.25) is 0 Å². The maximum Gasteiger partial charge on any atom is 0.284 e. The predicted molar refractivity (Wildman–Crippen MR) is 434 cm³/mol. The van der Waals surface area contributed by atoms with E-state index in [1.807, 2.05) is 24.3 Å². The molecule has 10 aromatic rings. The van der Waals surface area contributed by atoms with Crippen LogP contribution < -0.4 is 18.9 Å². The van der Waals surface area contributed by atoms with Crippen LogP contribution in [0.2, 0.25) is 66.5 Å². The Labute approximate surface area is 601 Å². The van der Waals surface area contributed by atoms with E-state index in [9.17, 15) is 0 Å². The summed E-state index contributed by atoms with van der Waals surface area (Å²) in [5, 5.41) is 8.53. The van der Waals surface area contributed by atoms with Gasteiger partial charge in [0.25, 0.3) is 23.5 Å². The van der Waals surface area contributed by atoms with Crippen LogP contribution in [0.3, 0.4) is 0 Å². The van der Waals surface area contributed by atoms with Crippen LogP contribution in [0.4, 0.5) is 0 Å². The first-order chi connectivity index (χ1) is 47.4. The summed E-state index contributed by atoms with van der Waals surface area (Å²) in [6.07, 6.45) is 0. The van der Waals surface area contributed by atoms with Gasteiger partial charge in [-0.05, 0) is 112 Å². The second kappa shape index (κ2) is 28.7. The molecular weight excluding hydrogens is 1290 g/mol. The number of hydrogen-bond acceptors (Lipinski definition) is 8. The number of nitrogens with zero attached hydrogens (tertiary/aromatic N) is 4. The van der Waals surface area contributed by atoms with Gasteiger partial charge >= 0.3 is 0 Å². The highest BCUT2D eigenvalue weighted by Gasteiger charge is 2.46. The summed E-state index contributed by atoms with van der Waals surface area (Å²) >= 11 is 0. The minimum Gasteiger partial charge on any atom is -0.429 e. The third-order valence-electron chi connectivity index (χ3n) is 23.1. The molecule has 8 nitrogen and oxygen atoms in total. The first kappa shape index (κ1) is 73.0. The molecule has 2 aromatic heterocycles. The van der Waals surface area contributed by atoms with Gasteiger partial charge in [0.1, 0.15) is 32.3 Å². The van der Waals surface area contributed by atoms with Crippen molar-refractivity contribution in [1.29, 1.82) is 0 Å². The first-order valence-electron chi connectivity index (χ1n) is 36.9. The molecule has 0 saturated heterocycles. The Morgan fingerprint density at radius 2 is 0.400 bits per heavy atom. The highest BCUT2D eigenvalue weighted by molar-refractivity contribution is 6.92. The van der Waals surface area contributed by atoms with Crippen LogP contribution in [-0.4, -0.2) is 52.2 Å². The van der Waals surface area contributed by atoms with Crippen LogP contribution in [0.1, 0.15) is 188 Å². The van der Waals surface area contributed by atoms with Crippen molar-refractivity contribution in [1.82, 2.24) is 19.9 Å². The zero-order valence-electron chi connectivity index (χ0n) is 63.9. The summed E-state index contributed by atoms with van der Waals surface area (Å²) in [6.45, 7) is 56.4. The zero-order chi connectivity index (χ0) is 72.2. The molecule has 0 radical (unpaired) electrons. The lowest BCUT2D eigenvalue weighted by atomic mass is 9.97. The van der Waals surface area contributed by atoms with Crippen LogP contribution in [0.25, 0.3) is 65.2 Å². The summed E-state index contributed by atoms with van der Waals surface area (Å²) in [5.41, 5.74) is 28.2. The van der Waals surface area contributed by atoms with Gasteiger partial charge < -0.3 is 18.9 Å². The van der Waals surface area contributed by atoms with Gasteiger partial charge in [-0.1, -0.05) is 287 Å². The Kier molecular flexibility index (Phi) is 20.9. The van der Waals surface area contributed by atoms with Crippen molar-refractivity contribution in [2.45, 2.75) is 233 Å².